The number of hydrogen-bond donors (Lipinski definition) is 3. The van der Waals surface area contributed by atoms with Gasteiger partial charge in [0, 0.05) is 11.6 Å². The molecule has 2 aromatic rings. The molecule has 2 rings (SSSR count). The summed E-state index contributed by atoms with van der Waals surface area (Å²) < 4.78 is 13.6. The maximum atomic E-state index is 13.6. The van der Waals surface area contributed by atoms with Gasteiger partial charge in [0.1, 0.15) is 5.82 Å². The van der Waals surface area contributed by atoms with E-state index in [0.29, 0.717) is 22.6 Å². The third-order valence-electron chi connectivity index (χ3n) is 2.88. The van der Waals surface area contributed by atoms with Crippen LogP contribution in [0.3, 0.4) is 0 Å². The molecule has 0 bridgehead atoms. The van der Waals surface area contributed by atoms with Crippen LogP contribution < -0.4 is 16.4 Å². The standard InChI is InChI=1S/C16H18FN3O/c1-10(2)19-16(21)11-7-8-15(13(18)9-11)20-14-6-4-3-5-12(14)17/h3-10,20H,18H2,1-2H3,(H,19,21). The highest BCUT2D eigenvalue weighted by molar-refractivity contribution is 5.96. The van der Waals surface area contributed by atoms with E-state index in [9.17, 15) is 9.18 Å². The van der Waals surface area contributed by atoms with Gasteiger partial charge in [-0.1, -0.05) is 12.1 Å². The van der Waals surface area contributed by atoms with Gasteiger partial charge >= 0.3 is 0 Å². The van der Waals surface area contributed by atoms with E-state index in [2.05, 4.69) is 10.6 Å². The van der Waals surface area contributed by atoms with Gasteiger partial charge in [0.25, 0.3) is 5.91 Å². The summed E-state index contributed by atoms with van der Waals surface area (Å²) in [6, 6.07) is 11.3. The van der Waals surface area contributed by atoms with Gasteiger partial charge in [-0.15, -0.1) is 0 Å². The second-order valence-corrected chi connectivity index (χ2v) is 5.04. The molecule has 110 valence electrons. The van der Waals surface area contributed by atoms with Crippen molar-refractivity contribution < 1.29 is 9.18 Å². The molecule has 2 aromatic carbocycles. The van der Waals surface area contributed by atoms with Crippen LogP contribution in [0.1, 0.15) is 24.2 Å². The van der Waals surface area contributed by atoms with E-state index < -0.39 is 0 Å². The molecule has 0 aromatic heterocycles. The molecule has 0 aliphatic carbocycles. The van der Waals surface area contributed by atoms with Crippen molar-refractivity contribution >= 4 is 23.0 Å². The third-order valence-corrected chi connectivity index (χ3v) is 2.88. The molecule has 5 heteroatoms. The van der Waals surface area contributed by atoms with Gasteiger partial charge in [-0.3, -0.25) is 4.79 Å². The van der Waals surface area contributed by atoms with E-state index in [0.717, 1.165) is 0 Å². The quantitative estimate of drug-likeness (QED) is 0.756. The van der Waals surface area contributed by atoms with Crippen LogP contribution in [0.25, 0.3) is 0 Å². The number of nitrogen functional groups attached to an aromatic ring is 1. The van der Waals surface area contributed by atoms with Crippen LogP contribution in [0.2, 0.25) is 0 Å². The molecule has 0 spiro atoms. The van der Waals surface area contributed by atoms with Crippen molar-refractivity contribution in [3.8, 4) is 0 Å². The lowest BCUT2D eigenvalue weighted by atomic mass is 10.1. The lowest BCUT2D eigenvalue weighted by Gasteiger charge is -2.12. The third kappa shape index (κ3) is 3.72. The highest BCUT2D eigenvalue weighted by atomic mass is 19.1. The Balaban J connectivity index is 2.20. The Labute approximate surface area is 123 Å². The number of halogens is 1. The van der Waals surface area contributed by atoms with Gasteiger partial charge in [-0.25, -0.2) is 4.39 Å². The number of anilines is 3. The van der Waals surface area contributed by atoms with Gasteiger partial charge < -0.3 is 16.4 Å². The molecule has 21 heavy (non-hydrogen) atoms. The molecule has 0 radical (unpaired) electrons. The number of rotatable bonds is 4. The average Bonchev–Trinajstić information content (AvgIpc) is 2.42. The second kappa shape index (κ2) is 6.26. The molecule has 4 N–H and O–H groups in total. The van der Waals surface area contributed by atoms with Crippen LogP contribution in [0.15, 0.2) is 42.5 Å². The molecule has 0 atom stereocenters. The molecule has 0 aliphatic heterocycles. The second-order valence-electron chi connectivity index (χ2n) is 5.04. The van der Waals surface area contributed by atoms with Gasteiger partial charge in [0.2, 0.25) is 0 Å². The zero-order valence-corrected chi connectivity index (χ0v) is 12.0. The van der Waals surface area contributed by atoms with Crippen molar-refractivity contribution in [2.45, 2.75) is 19.9 Å². The fourth-order valence-electron chi connectivity index (χ4n) is 1.87. The van der Waals surface area contributed by atoms with Crippen LogP contribution in [0.4, 0.5) is 21.5 Å². The molecule has 0 unspecified atom stereocenters. The van der Waals surface area contributed by atoms with Crippen LogP contribution in [0, 0.1) is 5.82 Å². The summed E-state index contributed by atoms with van der Waals surface area (Å²) >= 11 is 0. The minimum atomic E-state index is -0.362. The smallest absolute Gasteiger partial charge is 0.251 e. The number of hydrogen-bond acceptors (Lipinski definition) is 3. The Hall–Kier alpha value is -2.56. The lowest BCUT2D eigenvalue weighted by molar-refractivity contribution is 0.0943. The molecule has 4 nitrogen and oxygen atoms in total. The summed E-state index contributed by atoms with van der Waals surface area (Å²) in [5.74, 6) is -0.548. The Kier molecular flexibility index (Phi) is 4.42. The first kappa shape index (κ1) is 14.8. The number of carbonyl (C=O) groups excluding carboxylic acids is 1. The molecule has 0 saturated carbocycles. The molecule has 0 fully saturated rings. The monoisotopic (exact) mass is 287 g/mol. The van der Waals surface area contributed by atoms with E-state index >= 15 is 0 Å². The maximum absolute atomic E-state index is 13.6. The first-order valence-corrected chi connectivity index (χ1v) is 6.69. The van der Waals surface area contributed by atoms with Crippen LogP contribution in [-0.2, 0) is 0 Å². The highest BCUT2D eigenvalue weighted by Gasteiger charge is 2.10. The Bertz CT molecular complexity index is 656. The summed E-state index contributed by atoms with van der Waals surface area (Å²) in [4.78, 5) is 11.9. The van der Waals surface area contributed by atoms with E-state index in [4.69, 9.17) is 5.73 Å². The zero-order valence-electron chi connectivity index (χ0n) is 12.0. The van der Waals surface area contributed by atoms with E-state index in [1.54, 1.807) is 36.4 Å². The number of benzene rings is 2. The predicted molar refractivity (Wildman–Crippen MR) is 83.1 cm³/mol. The molecule has 0 aliphatic rings. The normalized spacial score (nSPS) is 10.5. The Morgan fingerprint density at radius 2 is 1.86 bits per heavy atom. The van der Waals surface area contributed by atoms with Crippen molar-refractivity contribution in [2.75, 3.05) is 11.1 Å². The van der Waals surface area contributed by atoms with E-state index in [1.165, 1.54) is 6.07 Å². The molecular weight excluding hydrogens is 269 g/mol. The number of carbonyl (C=O) groups is 1. The van der Waals surface area contributed by atoms with Crippen LogP contribution in [-0.4, -0.2) is 11.9 Å². The summed E-state index contributed by atoms with van der Waals surface area (Å²) in [5, 5.41) is 5.71. The van der Waals surface area contributed by atoms with Crippen molar-refractivity contribution in [1.82, 2.24) is 5.32 Å². The predicted octanol–water partition coefficient (Wildman–Crippen LogP) is 3.29. The summed E-state index contributed by atoms with van der Waals surface area (Å²) in [6.07, 6.45) is 0. The van der Waals surface area contributed by atoms with Crippen molar-refractivity contribution in [2.24, 2.45) is 0 Å². The molecule has 0 heterocycles. The van der Waals surface area contributed by atoms with E-state index in [-0.39, 0.29) is 17.8 Å². The SMILES string of the molecule is CC(C)NC(=O)c1ccc(Nc2ccccc2F)c(N)c1. The topological polar surface area (TPSA) is 67.2 Å². The first-order valence-electron chi connectivity index (χ1n) is 6.69. The first-order chi connectivity index (χ1) is 9.97. The number of nitrogens with one attached hydrogen (secondary N) is 2. The molecule has 1 amide bonds. The van der Waals surface area contributed by atoms with Crippen LogP contribution >= 0.6 is 0 Å². The summed E-state index contributed by atoms with van der Waals surface area (Å²) in [5.41, 5.74) is 7.67. The Morgan fingerprint density at radius 3 is 2.48 bits per heavy atom. The lowest BCUT2D eigenvalue weighted by Crippen LogP contribution is -2.30. The fourth-order valence-corrected chi connectivity index (χ4v) is 1.87. The summed E-state index contributed by atoms with van der Waals surface area (Å²) in [6.45, 7) is 3.77. The molecular formula is C16H18FN3O. The minimum Gasteiger partial charge on any atom is -0.397 e. The van der Waals surface area contributed by atoms with Crippen molar-refractivity contribution in [1.29, 1.82) is 0 Å². The van der Waals surface area contributed by atoms with Crippen molar-refractivity contribution in [3.05, 3.63) is 53.8 Å². The highest BCUT2D eigenvalue weighted by Crippen LogP contribution is 2.25. The van der Waals surface area contributed by atoms with E-state index in [1.807, 2.05) is 13.8 Å². The summed E-state index contributed by atoms with van der Waals surface area (Å²) in [7, 11) is 0. The van der Waals surface area contributed by atoms with Gasteiger partial charge in [-0.2, -0.15) is 0 Å². The zero-order chi connectivity index (χ0) is 15.4. The van der Waals surface area contributed by atoms with Crippen molar-refractivity contribution in [3.63, 3.8) is 0 Å². The number of para-hydroxylation sites is 1. The fraction of sp³-hybridized carbons (Fsp3) is 0.188. The molecule has 0 saturated heterocycles. The van der Waals surface area contributed by atoms with Gasteiger partial charge in [-0.05, 0) is 44.2 Å². The minimum absolute atomic E-state index is 0.0509. The maximum Gasteiger partial charge on any atom is 0.251 e. The average molecular weight is 287 g/mol. The van der Waals surface area contributed by atoms with Crippen LogP contribution in [0.5, 0.6) is 0 Å². The largest absolute Gasteiger partial charge is 0.397 e. The van der Waals surface area contributed by atoms with Gasteiger partial charge in [0.15, 0.2) is 0 Å². The number of amides is 1. The Morgan fingerprint density at radius 1 is 1.14 bits per heavy atom. The number of nitrogens with two attached hydrogens (primary N) is 1. The van der Waals surface area contributed by atoms with Gasteiger partial charge in [0.05, 0.1) is 17.1 Å².